The minimum Gasteiger partial charge on any atom is -0.481 e. The molecule has 1 unspecified atom stereocenters. The standard InChI is InChI=1S/C10H16O4/c11-9(12)5-10(2-3-10)7-14-8-1-4-13-6-8/h8H,1-7H2,(H,11,12). The molecule has 4 nitrogen and oxygen atoms in total. The van der Waals surface area contributed by atoms with Gasteiger partial charge in [0.05, 0.1) is 25.7 Å². The Labute approximate surface area is 83.2 Å². The molecular formula is C10H16O4. The van der Waals surface area contributed by atoms with E-state index in [9.17, 15) is 4.79 Å². The molecule has 2 fully saturated rings. The molecule has 1 N–H and O–H groups in total. The van der Waals surface area contributed by atoms with Gasteiger partial charge < -0.3 is 14.6 Å². The minimum atomic E-state index is -0.714. The first-order valence-electron chi connectivity index (χ1n) is 5.11. The molecule has 0 aromatic rings. The third kappa shape index (κ3) is 2.45. The number of carbonyl (C=O) groups is 1. The van der Waals surface area contributed by atoms with Crippen molar-refractivity contribution in [1.82, 2.24) is 0 Å². The van der Waals surface area contributed by atoms with Crippen LogP contribution in [0.25, 0.3) is 0 Å². The normalized spacial score (nSPS) is 29.0. The molecule has 1 saturated heterocycles. The van der Waals surface area contributed by atoms with Crippen LogP contribution < -0.4 is 0 Å². The van der Waals surface area contributed by atoms with Gasteiger partial charge in [-0.2, -0.15) is 0 Å². The van der Waals surface area contributed by atoms with Gasteiger partial charge in [0, 0.05) is 12.0 Å². The molecule has 4 heteroatoms. The number of hydrogen-bond donors (Lipinski definition) is 1. The summed E-state index contributed by atoms with van der Waals surface area (Å²) in [5.74, 6) is -0.714. The molecule has 0 aromatic carbocycles. The van der Waals surface area contributed by atoms with Gasteiger partial charge in [0.15, 0.2) is 0 Å². The summed E-state index contributed by atoms with van der Waals surface area (Å²) in [6.45, 7) is 2.03. The van der Waals surface area contributed by atoms with E-state index in [0.29, 0.717) is 13.2 Å². The molecule has 1 heterocycles. The van der Waals surface area contributed by atoms with E-state index in [2.05, 4.69) is 0 Å². The number of ether oxygens (including phenoxy) is 2. The maximum absolute atomic E-state index is 10.6. The number of rotatable bonds is 5. The molecule has 0 spiro atoms. The van der Waals surface area contributed by atoms with Crippen molar-refractivity contribution < 1.29 is 19.4 Å². The SMILES string of the molecule is O=C(O)CC1(COC2CCOC2)CC1. The van der Waals surface area contributed by atoms with Crippen LogP contribution in [-0.4, -0.2) is 37.0 Å². The van der Waals surface area contributed by atoms with Crippen LogP contribution in [0.4, 0.5) is 0 Å². The summed E-state index contributed by atoms with van der Waals surface area (Å²) >= 11 is 0. The molecule has 14 heavy (non-hydrogen) atoms. The maximum Gasteiger partial charge on any atom is 0.303 e. The molecule has 0 aromatic heterocycles. The van der Waals surface area contributed by atoms with E-state index < -0.39 is 5.97 Å². The second-order valence-corrected chi connectivity index (χ2v) is 4.37. The zero-order chi connectivity index (χ0) is 10.0. The predicted octanol–water partition coefficient (Wildman–Crippen LogP) is 1.05. The van der Waals surface area contributed by atoms with Crippen LogP contribution in [0.1, 0.15) is 25.7 Å². The second kappa shape index (κ2) is 3.87. The van der Waals surface area contributed by atoms with E-state index in [-0.39, 0.29) is 17.9 Å². The summed E-state index contributed by atoms with van der Waals surface area (Å²) in [6, 6.07) is 0. The number of hydrogen-bond acceptors (Lipinski definition) is 3. The molecule has 80 valence electrons. The van der Waals surface area contributed by atoms with Crippen molar-refractivity contribution in [2.75, 3.05) is 19.8 Å². The molecule has 1 aliphatic carbocycles. The highest BCUT2D eigenvalue weighted by Crippen LogP contribution is 2.49. The summed E-state index contributed by atoms with van der Waals surface area (Å²) in [5.41, 5.74) is -0.0472. The lowest BCUT2D eigenvalue weighted by atomic mass is 10.0. The van der Waals surface area contributed by atoms with Crippen LogP contribution >= 0.6 is 0 Å². The van der Waals surface area contributed by atoms with Crippen molar-refractivity contribution in [2.24, 2.45) is 5.41 Å². The zero-order valence-corrected chi connectivity index (χ0v) is 8.20. The highest BCUT2D eigenvalue weighted by atomic mass is 16.5. The molecule has 0 bridgehead atoms. The van der Waals surface area contributed by atoms with Crippen LogP contribution in [0.2, 0.25) is 0 Å². The molecular weight excluding hydrogens is 184 g/mol. The molecule has 1 atom stereocenters. The first-order chi connectivity index (χ1) is 6.70. The number of carboxylic acids is 1. The largest absolute Gasteiger partial charge is 0.481 e. The van der Waals surface area contributed by atoms with Crippen LogP contribution in [-0.2, 0) is 14.3 Å². The average molecular weight is 200 g/mol. The fraction of sp³-hybridized carbons (Fsp3) is 0.900. The van der Waals surface area contributed by atoms with E-state index in [1.807, 2.05) is 0 Å². The van der Waals surface area contributed by atoms with Gasteiger partial charge in [-0.15, -0.1) is 0 Å². The molecule has 0 amide bonds. The fourth-order valence-corrected chi connectivity index (χ4v) is 1.81. The fourth-order valence-electron chi connectivity index (χ4n) is 1.81. The van der Waals surface area contributed by atoms with Gasteiger partial charge in [-0.25, -0.2) is 0 Å². The summed E-state index contributed by atoms with van der Waals surface area (Å²) in [7, 11) is 0. The van der Waals surface area contributed by atoms with E-state index in [1.165, 1.54) is 0 Å². The third-order valence-electron chi connectivity index (χ3n) is 3.00. The summed E-state index contributed by atoms with van der Waals surface area (Å²) in [5, 5.41) is 8.70. The average Bonchev–Trinajstić information content (AvgIpc) is 2.68. The van der Waals surface area contributed by atoms with Gasteiger partial charge >= 0.3 is 5.97 Å². The van der Waals surface area contributed by atoms with Gasteiger partial charge in [-0.05, 0) is 19.3 Å². The van der Waals surface area contributed by atoms with E-state index in [4.69, 9.17) is 14.6 Å². The molecule has 1 saturated carbocycles. The Morgan fingerprint density at radius 1 is 1.57 bits per heavy atom. The molecule has 1 aliphatic heterocycles. The Balaban J connectivity index is 1.71. The number of carboxylic acid groups (broad SMARTS) is 1. The summed E-state index contributed by atoms with van der Waals surface area (Å²) < 4.78 is 10.8. The van der Waals surface area contributed by atoms with Crippen molar-refractivity contribution in [3.05, 3.63) is 0 Å². The first kappa shape index (κ1) is 9.93. The maximum atomic E-state index is 10.6. The van der Waals surface area contributed by atoms with Crippen molar-refractivity contribution in [3.63, 3.8) is 0 Å². The van der Waals surface area contributed by atoms with Crippen molar-refractivity contribution in [2.45, 2.75) is 31.8 Å². The monoisotopic (exact) mass is 200 g/mol. The lowest BCUT2D eigenvalue weighted by Gasteiger charge is -2.16. The summed E-state index contributed by atoms with van der Waals surface area (Å²) in [4.78, 5) is 10.6. The smallest absolute Gasteiger partial charge is 0.303 e. The third-order valence-corrected chi connectivity index (χ3v) is 3.00. The van der Waals surface area contributed by atoms with Crippen LogP contribution in [0.15, 0.2) is 0 Å². The molecule has 2 aliphatic rings. The Kier molecular flexibility index (Phi) is 2.74. The van der Waals surface area contributed by atoms with Gasteiger partial charge in [-0.3, -0.25) is 4.79 Å². The summed E-state index contributed by atoms with van der Waals surface area (Å²) in [6.07, 6.45) is 3.38. The van der Waals surface area contributed by atoms with Crippen molar-refractivity contribution in [1.29, 1.82) is 0 Å². The quantitative estimate of drug-likeness (QED) is 0.720. The number of aliphatic carboxylic acids is 1. The lowest BCUT2D eigenvalue weighted by molar-refractivity contribution is -0.139. The van der Waals surface area contributed by atoms with Crippen molar-refractivity contribution >= 4 is 5.97 Å². The molecule has 2 rings (SSSR count). The Hall–Kier alpha value is -0.610. The van der Waals surface area contributed by atoms with Crippen LogP contribution in [0.3, 0.4) is 0 Å². The van der Waals surface area contributed by atoms with Gasteiger partial charge in [-0.1, -0.05) is 0 Å². The zero-order valence-electron chi connectivity index (χ0n) is 8.20. The van der Waals surface area contributed by atoms with Gasteiger partial charge in [0.25, 0.3) is 0 Å². The highest BCUT2D eigenvalue weighted by Gasteiger charge is 2.45. The first-order valence-corrected chi connectivity index (χ1v) is 5.11. The second-order valence-electron chi connectivity index (χ2n) is 4.37. The highest BCUT2D eigenvalue weighted by molar-refractivity contribution is 5.68. The van der Waals surface area contributed by atoms with Crippen LogP contribution in [0, 0.1) is 5.41 Å². The van der Waals surface area contributed by atoms with E-state index in [1.54, 1.807) is 0 Å². The van der Waals surface area contributed by atoms with Gasteiger partial charge in [0.2, 0.25) is 0 Å². The minimum absolute atomic E-state index is 0.0472. The predicted molar refractivity (Wildman–Crippen MR) is 49.1 cm³/mol. The van der Waals surface area contributed by atoms with E-state index >= 15 is 0 Å². The Bertz CT molecular complexity index is 216. The Morgan fingerprint density at radius 2 is 2.36 bits per heavy atom. The Morgan fingerprint density at radius 3 is 2.86 bits per heavy atom. The van der Waals surface area contributed by atoms with Gasteiger partial charge in [0.1, 0.15) is 0 Å². The molecule has 0 radical (unpaired) electrons. The van der Waals surface area contributed by atoms with Crippen LogP contribution in [0.5, 0.6) is 0 Å². The topological polar surface area (TPSA) is 55.8 Å². The van der Waals surface area contributed by atoms with Crippen molar-refractivity contribution in [3.8, 4) is 0 Å². The van der Waals surface area contributed by atoms with E-state index in [0.717, 1.165) is 25.9 Å². The lowest BCUT2D eigenvalue weighted by Crippen LogP contribution is -2.21.